The van der Waals surface area contributed by atoms with Gasteiger partial charge in [0.1, 0.15) is 5.82 Å². The summed E-state index contributed by atoms with van der Waals surface area (Å²) in [4.78, 5) is 33.5. The van der Waals surface area contributed by atoms with E-state index in [2.05, 4.69) is 25.9 Å². The van der Waals surface area contributed by atoms with Crippen molar-refractivity contribution in [3.8, 4) is 0 Å². The first-order chi connectivity index (χ1) is 13.5. The van der Waals surface area contributed by atoms with E-state index in [9.17, 15) is 9.59 Å². The second kappa shape index (κ2) is 8.55. The van der Waals surface area contributed by atoms with Gasteiger partial charge in [0, 0.05) is 50.7 Å². The molecule has 0 saturated heterocycles. The number of anilines is 4. The van der Waals surface area contributed by atoms with Crippen LogP contribution in [0, 0.1) is 0 Å². The number of hydrogen-bond acceptors (Lipinski definition) is 7. The Bertz CT molecular complexity index is 850. The van der Waals surface area contributed by atoms with Gasteiger partial charge in [-0.15, -0.1) is 0 Å². The molecule has 0 unspecified atom stereocenters. The van der Waals surface area contributed by atoms with E-state index < -0.39 is 5.91 Å². The Morgan fingerprint density at radius 1 is 1.25 bits per heavy atom. The zero-order chi connectivity index (χ0) is 20.1. The fraction of sp³-hybridized carbons (Fsp3) is 0.368. The summed E-state index contributed by atoms with van der Waals surface area (Å²) in [6.45, 7) is 0.625. The van der Waals surface area contributed by atoms with Gasteiger partial charge >= 0.3 is 0 Å². The van der Waals surface area contributed by atoms with Crippen molar-refractivity contribution in [1.82, 2.24) is 15.3 Å². The number of rotatable bonds is 9. The first-order valence-corrected chi connectivity index (χ1v) is 9.18. The summed E-state index contributed by atoms with van der Waals surface area (Å²) in [7, 11) is 3.57. The number of carbonyl (C=O) groups is 2. The fourth-order valence-corrected chi connectivity index (χ4v) is 2.61. The smallest absolute Gasteiger partial charge is 0.254 e. The quantitative estimate of drug-likeness (QED) is 0.517. The number of primary amides is 1. The first kappa shape index (κ1) is 19.4. The Morgan fingerprint density at radius 3 is 2.57 bits per heavy atom. The molecule has 28 heavy (non-hydrogen) atoms. The van der Waals surface area contributed by atoms with Gasteiger partial charge < -0.3 is 26.6 Å². The highest BCUT2D eigenvalue weighted by atomic mass is 16.1. The van der Waals surface area contributed by atoms with Crippen LogP contribution in [0.1, 0.15) is 29.6 Å². The molecule has 9 nitrogen and oxygen atoms in total. The zero-order valence-electron chi connectivity index (χ0n) is 16.0. The standard InChI is InChI=1S/C19H25N7O2/c1-21-16(27)9-10-26(2)14-7-5-13(6-8-14)24-19-22-11-15(17(20)28)18(25-19)23-12-3-4-12/h5-8,11-12H,3-4,9-10H2,1-2H3,(H2,20,28)(H,21,27)(H2,22,23,24,25). The van der Waals surface area contributed by atoms with Crippen molar-refractivity contribution in [3.63, 3.8) is 0 Å². The number of nitrogens with two attached hydrogens (primary N) is 1. The van der Waals surface area contributed by atoms with Gasteiger partial charge in [-0.25, -0.2) is 4.98 Å². The molecule has 3 rings (SSSR count). The molecule has 1 aliphatic rings. The molecular weight excluding hydrogens is 358 g/mol. The summed E-state index contributed by atoms with van der Waals surface area (Å²) >= 11 is 0. The highest BCUT2D eigenvalue weighted by Gasteiger charge is 2.24. The topological polar surface area (TPSA) is 125 Å². The summed E-state index contributed by atoms with van der Waals surface area (Å²) in [6, 6.07) is 8.06. The van der Waals surface area contributed by atoms with E-state index >= 15 is 0 Å². The second-order valence-corrected chi connectivity index (χ2v) is 6.76. The predicted octanol–water partition coefficient (Wildman–Crippen LogP) is 1.47. The Balaban J connectivity index is 1.66. The summed E-state index contributed by atoms with van der Waals surface area (Å²) in [6.07, 6.45) is 3.98. The molecule has 1 fully saturated rings. The Hall–Kier alpha value is -3.36. The van der Waals surface area contributed by atoms with Crippen LogP contribution in [0.5, 0.6) is 0 Å². The molecule has 9 heteroatoms. The van der Waals surface area contributed by atoms with E-state index in [0.717, 1.165) is 24.2 Å². The maximum Gasteiger partial charge on any atom is 0.254 e. The Morgan fingerprint density at radius 2 is 1.96 bits per heavy atom. The van der Waals surface area contributed by atoms with Crippen LogP contribution >= 0.6 is 0 Å². The van der Waals surface area contributed by atoms with E-state index in [1.165, 1.54) is 6.20 Å². The lowest BCUT2D eigenvalue weighted by molar-refractivity contribution is -0.120. The lowest BCUT2D eigenvalue weighted by Crippen LogP contribution is -2.26. The minimum absolute atomic E-state index is 0.0114. The maximum absolute atomic E-state index is 11.6. The highest BCUT2D eigenvalue weighted by Crippen LogP contribution is 2.26. The lowest BCUT2D eigenvalue weighted by atomic mass is 10.2. The number of aromatic nitrogens is 2. The van der Waals surface area contributed by atoms with Crippen molar-refractivity contribution in [1.29, 1.82) is 0 Å². The maximum atomic E-state index is 11.6. The van der Waals surface area contributed by atoms with Gasteiger partial charge in [0.2, 0.25) is 11.9 Å². The molecule has 1 heterocycles. The normalized spacial score (nSPS) is 12.9. The van der Waals surface area contributed by atoms with Gasteiger partial charge in [-0.1, -0.05) is 0 Å². The molecule has 0 radical (unpaired) electrons. The van der Waals surface area contributed by atoms with Crippen LogP contribution in [-0.2, 0) is 4.79 Å². The van der Waals surface area contributed by atoms with Crippen LogP contribution in [0.3, 0.4) is 0 Å². The molecule has 0 aliphatic heterocycles. The lowest BCUT2D eigenvalue weighted by Gasteiger charge is -2.19. The van der Waals surface area contributed by atoms with Crippen LogP contribution < -0.4 is 26.6 Å². The van der Waals surface area contributed by atoms with Crippen LogP contribution in [0.15, 0.2) is 30.5 Å². The summed E-state index contributed by atoms with van der Waals surface area (Å²) in [5.74, 6) is 0.295. The van der Waals surface area contributed by atoms with Crippen molar-refractivity contribution >= 4 is 35.0 Å². The molecular formula is C19H25N7O2. The predicted molar refractivity (Wildman–Crippen MR) is 109 cm³/mol. The first-order valence-electron chi connectivity index (χ1n) is 9.18. The van der Waals surface area contributed by atoms with Gasteiger partial charge in [-0.05, 0) is 37.1 Å². The monoisotopic (exact) mass is 383 g/mol. The summed E-state index contributed by atoms with van der Waals surface area (Å²) < 4.78 is 0. The number of hydrogen-bond donors (Lipinski definition) is 4. The Kier molecular flexibility index (Phi) is 5.93. The molecule has 0 bridgehead atoms. The molecule has 1 aromatic heterocycles. The Labute approximate surface area is 163 Å². The number of carbonyl (C=O) groups excluding carboxylic acids is 2. The largest absolute Gasteiger partial charge is 0.374 e. The molecule has 2 aromatic rings. The number of nitrogens with one attached hydrogen (secondary N) is 3. The number of amides is 2. The average Bonchev–Trinajstić information content (AvgIpc) is 3.50. The molecule has 1 aromatic carbocycles. The van der Waals surface area contributed by atoms with Crippen LogP contribution in [0.25, 0.3) is 0 Å². The fourth-order valence-electron chi connectivity index (χ4n) is 2.61. The third-order valence-electron chi connectivity index (χ3n) is 4.49. The van der Waals surface area contributed by atoms with E-state index in [0.29, 0.717) is 30.8 Å². The molecule has 1 saturated carbocycles. The summed E-state index contributed by atoms with van der Waals surface area (Å²) in [5, 5.41) is 8.96. The molecule has 5 N–H and O–H groups in total. The van der Waals surface area contributed by atoms with Crippen molar-refractivity contribution in [3.05, 3.63) is 36.0 Å². The molecule has 2 amide bonds. The van der Waals surface area contributed by atoms with Gasteiger partial charge in [0.05, 0.1) is 5.56 Å². The van der Waals surface area contributed by atoms with E-state index in [1.54, 1.807) is 7.05 Å². The second-order valence-electron chi connectivity index (χ2n) is 6.76. The zero-order valence-corrected chi connectivity index (χ0v) is 16.0. The third kappa shape index (κ3) is 5.09. The van der Waals surface area contributed by atoms with Crippen molar-refractivity contribution in [2.24, 2.45) is 5.73 Å². The van der Waals surface area contributed by atoms with E-state index in [-0.39, 0.29) is 11.5 Å². The number of benzene rings is 1. The van der Waals surface area contributed by atoms with Gasteiger partial charge in [-0.2, -0.15) is 4.98 Å². The van der Waals surface area contributed by atoms with Gasteiger partial charge in [-0.3, -0.25) is 9.59 Å². The van der Waals surface area contributed by atoms with E-state index in [4.69, 9.17) is 5.73 Å². The summed E-state index contributed by atoms with van der Waals surface area (Å²) in [5.41, 5.74) is 7.49. The van der Waals surface area contributed by atoms with Crippen molar-refractivity contribution in [2.45, 2.75) is 25.3 Å². The van der Waals surface area contributed by atoms with Crippen LogP contribution in [0.2, 0.25) is 0 Å². The van der Waals surface area contributed by atoms with Crippen molar-refractivity contribution in [2.75, 3.05) is 36.2 Å². The highest BCUT2D eigenvalue weighted by molar-refractivity contribution is 5.97. The molecule has 0 spiro atoms. The van der Waals surface area contributed by atoms with Crippen LogP contribution in [0.4, 0.5) is 23.1 Å². The SMILES string of the molecule is CNC(=O)CCN(C)c1ccc(Nc2ncc(C(N)=O)c(NC3CC3)n2)cc1. The molecule has 148 valence electrons. The van der Waals surface area contributed by atoms with Crippen LogP contribution in [-0.4, -0.2) is 48.5 Å². The average molecular weight is 383 g/mol. The molecule has 1 aliphatic carbocycles. The minimum Gasteiger partial charge on any atom is -0.374 e. The number of nitrogens with zero attached hydrogens (tertiary/aromatic N) is 3. The third-order valence-corrected chi connectivity index (χ3v) is 4.49. The van der Waals surface area contributed by atoms with Gasteiger partial charge in [0.25, 0.3) is 5.91 Å². The molecule has 0 atom stereocenters. The minimum atomic E-state index is -0.557. The van der Waals surface area contributed by atoms with Crippen molar-refractivity contribution < 1.29 is 9.59 Å². The van der Waals surface area contributed by atoms with E-state index in [1.807, 2.05) is 36.2 Å². The van der Waals surface area contributed by atoms with Gasteiger partial charge in [0.15, 0.2) is 0 Å².